The molecule has 0 spiro atoms. The van der Waals surface area contributed by atoms with Crippen LogP contribution in [0.1, 0.15) is 5.56 Å². The average Bonchev–Trinajstić information content (AvgIpc) is 2.40. The number of hydrogen-bond donors (Lipinski definition) is 1. The molecule has 0 atom stereocenters. The molecule has 18 heavy (non-hydrogen) atoms. The molecule has 0 bridgehead atoms. The van der Waals surface area contributed by atoms with Crippen molar-refractivity contribution >= 4 is 21.6 Å². The molecule has 0 amide bonds. The molecule has 0 aliphatic heterocycles. The minimum absolute atomic E-state index is 0.456. The van der Waals surface area contributed by atoms with Gasteiger partial charge in [-0.25, -0.2) is 0 Å². The van der Waals surface area contributed by atoms with Crippen molar-refractivity contribution in [3.63, 3.8) is 0 Å². The Hall–Kier alpha value is -1.68. The molecule has 0 fully saturated rings. The van der Waals surface area contributed by atoms with Gasteiger partial charge in [0.2, 0.25) is 0 Å². The van der Waals surface area contributed by atoms with Crippen LogP contribution in [-0.2, 0) is 6.61 Å². The highest BCUT2D eigenvalue weighted by molar-refractivity contribution is 9.10. The van der Waals surface area contributed by atoms with E-state index in [0.29, 0.717) is 12.3 Å². The van der Waals surface area contributed by atoms with Crippen LogP contribution in [0.5, 0.6) is 11.5 Å². The molecule has 0 aromatic heterocycles. The minimum Gasteiger partial charge on any atom is -0.493 e. The lowest BCUT2D eigenvalue weighted by atomic mass is 10.2. The van der Waals surface area contributed by atoms with Crippen LogP contribution in [0.25, 0.3) is 0 Å². The molecular weight excluding hydrogens is 294 g/mol. The molecule has 2 aromatic rings. The molecule has 0 saturated heterocycles. The first kappa shape index (κ1) is 12.8. The number of para-hydroxylation sites is 2. The Bertz CT molecular complexity index is 543. The maximum absolute atomic E-state index is 5.82. The van der Waals surface area contributed by atoms with Crippen molar-refractivity contribution in [2.24, 2.45) is 0 Å². The van der Waals surface area contributed by atoms with Gasteiger partial charge in [0, 0.05) is 10.2 Å². The number of nitrogens with two attached hydrogens (primary N) is 1. The van der Waals surface area contributed by atoms with Crippen LogP contribution < -0.4 is 15.2 Å². The summed E-state index contributed by atoms with van der Waals surface area (Å²) in [6.07, 6.45) is 0. The van der Waals surface area contributed by atoms with E-state index in [9.17, 15) is 0 Å². The number of ether oxygens (including phenoxy) is 2. The quantitative estimate of drug-likeness (QED) is 0.877. The third-order valence-electron chi connectivity index (χ3n) is 2.52. The second-order valence-corrected chi connectivity index (χ2v) is 4.65. The predicted octanol–water partition coefficient (Wildman–Crippen LogP) is 3.62. The van der Waals surface area contributed by atoms with E-state index in [1.165, 1.54) is 0 Å². The number of halogens is 1. The fourth-order valence-electron chi connectivity index (χ4n) is 1.58. The lowest BCUT2D eigenvalue weighted by Gasteiger charge is -2.10. The Kier molecular flexibility index (Phi) is 4.10. The summed E-state index contributed by atoms with van der Waals surface area (Å²) in [4.78, 5) is 0. The summed E-state index contributed by atoms with van der Waals surface area (Å²) in [5, 5.41) is 0. The number of methoxy groups -OCH3 is 1. The maximum atomic E-state index is 5.82. The molecule has 0 aliphatic carbocycles. The summed E-state index contributed by atoms with van der Waals surface area (Å²) in [5.41, 5.74) is 7.54. The summed E-state index contributed by atoms with van der Waals surface area (Å²) in [5.74, 6) is 1.45. The van der Waals surface area contributed by atoms with Crippen molar-refractivity contribution in [2.75, 3.05) is 12.8 Å². The highest BCUT2D eigenvalue weighted by atomic mass is 79.9. The molecular formula is C14H14BrNO2. The predicted molar refractivity (Wildman–Crippen MR) is 75.9 cm³/mol. The van der Waals surface area contributed by atoms with E-state index in [0.717, 1.165) is 21.5 Å². The Labute approximate surface area is 115 Å². The smallest absolute Gasteiger partial charge is 0.161 e. The molecule has 0 aliphatic rings. The van der Waals surface area contributed by atoms with E-state index >= 15 is 0 Å². The molecule has 0 saturated carbocycles. The van der Waals surface area contributed by atoms with Gasteiger partial charge in [0.1, 0.15) is 6.61 Å². The zero-order valence-electron chi connectivity index (χ0n) is 10.0. The minimum atomic E-state index is 0.456. The summed E-state index contributed by atoms with van der Waals surface area (Å²) < 4.78 is 11.8. The highest BCUT2D eigenvalue weighted by Crippen LogP contribution is 2.27. The topological polar surface area (TPSA) is 44.5 Å². The van der Waals surface area contributed by atoms with Crippen molar-refractivity contribution < 1.29 is 9.47 Å². The Morgan fingerprint density at radius 1 is 1.11 bits per heavy atom. The highest BCUT2D eigenvalue weighted by Gasteiger charge is 2.04. The van der Waals surface area contributed by atoms with Gasteiger partial charge in [-0.3, -0.25) is 0 Å². The number of nitrogen functional groups attached to an aromatic ring is 1. The van der Waals surface area contributed by atoms with Gasteiger partial charge >= 0.3 is 0 Å². The lowest BCUT2D eigenvalue weighted by Crippen LogP contribution is -1.98. The number of benzene rings is 2. The first-order chi connectivity index (χ1) is 8.70. The largest absolute Gasteiger partial charge is 0.493 e. The van der Waals surface area contributed by atoms with Gasteiger partial charge in [-0.1, -0.05) is 18.2 Å². The number of rotatable bonds is 4. The van der Waals surface area contributed by atoms with Crippen LogP contribution in [0.3, 0.4) is 0 Å². The fourth-order valence-corrected chi connectivity index (χ4v) is 1.83. The zero-order chi connectivity index (χ0) is 13.0. The fraction of sp³-hybridized carbons (Fsp3) is 0.143. The van der Waals surface area contributed by atoms with Crippen molar-refractivity contribution in [1.29, 1.82) is 0 Å². The van der Waals surface area contributed by atoms with E-state index in [2.05, 4.69) is 15.9 Å². The number of anilines is 1. The molecule has 2 aromatic carbocycles. The first-order valence-electron chi connectivity index (χ1n) is 5.50. The Morgan fingerprint density at radius 3 is 2.50 bits per heavy atom. The lowest BCUT2D eigenvalue weighted by molar-refractivity contribution is 0.284. The van der Waals surface area contributed by atoms with E-state index in [1.54, 1.807) is 7.11 Å². The summed E-state index contributed by atoms with van der Waals surface area (Å²) in [7, 11) is 1.62. The first-order valence-corrected chi connectivity index (χ1v) is 6.29. The monoisotopic (exact) mass is 307 g/mol. The van der Waals surface area contributed by atoms with E-state index in [-0.39, 0.29) is 0 Å². The summed E-state index contributed by atoms with van der Waals surface area (Å²) in [6, 6.07) is 13.3. The van der Waals surface area contributed by atoms with Crippen LogP contribution in [0.15, 0.2) is 46.9 Å². The van der Waals surface area contributed by atoms with E-state index in [1.807, 2.05) is 42.5 Å². The third-order valence-corrected chi connectivity index (χ3v) is 3.25. The second kappa shape index (κ2) is 5.78. The van der Waals surface area contributed by atoms with Crippen molar-refractivity contribution in [3.05, 3.63) is 52.5 Å². The van der Waals surface area contributed by atoms with Gasteiger partial charge in [0.05, 0.1) is 7.11 Å². The maximum Gasteiger partial charge on any atom is 0.161 e. The summed E-state index contributed by atoms with van der Waals surface area (Å²) in [6.45, 7) is 0.456. The van der Waals surface area contributed by atoms with E-state index in [4.69, 9.17) is 15.2 Å². The van der Waals surface area contributed by atoms with Gasteiger partial charge in [0.25, 0.3) is 0 Å². The molecule has 0 radical (unpaired) electrons. The standard InChI is InChI=1S/C14H14BrNO2/c1-17-13-4-2-3-5-14(13)18-9-10-6-7-11(15)12(16)8-10/h2-8H,9,16H2,1H3. The molecule has 0 heterocycles. The van der Waals surface area contributed by atoms with Crippen LogP contribution in [0.4, 0.5) is 5.69 Å². The number of hydrogen-bond acceptors (Lipinski definition) is 3. The van der Waals surface area contributed by atoms with Gasteiger partial charge in [-0.05, 0) is 45.8 Å². The second-order valence-electron chi connectivity index (χ2n) is 3.80. The van der Waals surface area contributed by atoms with Crippen LogP contribution in [0, 0.1) is 0 Å². The van der Waals surface area contributed by atoms with Crippen LogP contribution in [0.2, 0.25) is 0 Å². The van der Waals surface area contributed by atoms with Crippen LogP contribution >= 0.6 is 15.9 Å². The normalized spacial score (nSPS) is 10.1. The molecule has 94 valence electrons. The molecule has 3 nitrogen and oxygen atoms in total. The SMILES string of the molecule is COc1ccccc1OCc1ccc(Br)c(N)c1. The van der Waals surface area contributed by atoms with E-state index < -0.39 is 0 Å². The zero-order valence-corrected chi connectivity index (χ0v) is 11.6. The average molecular weight is 308 g/mol. The van der Waals surface area contributed by atoms with Gasteiger partial charge in [-0.2, -0.15) is 0 Å². The van der Waals surface area contributed by atoms with Crippen LogP contribution in [-0.4, -0.2) is 7.11 Å². The Balaban J connectivity index is 2.09. The van der Waals surface area contributed by atoms with Crippen molar-refractivity contribution in [2.45, 2.75) is 6.61 Å². The summed E-state index contributed by atoms with van der Waals surface area (Å²) >= 11 is 3.36. The Morgan fingerprint density at radius 2 is 1.83 bits per heavy atom. The molecule has 2 rings (SSSR count). The van der Waals surface area contributed by atoms with Gasteiger partial charge < -0.3 is 15.2 Å². The molecule has 2 N–H and O–H groups in total. The van der Waals surface area contributed by atoms with Gasteiger partial charge in [0.15, 0.2) is 11.5 Å². The van der Waals surface area contributed by atoms with Crippen molar-refractivity contribution in [3.8, 4) is 11.5 Å². The molecule has 0 unspecified atom stereocenters. The molecule has 4 heteroatoms. The van der Waals surface area contributed by atoms with Crippen molar-refractivity contribution in [1.82, 2.24) is 0 Å². The van der Waals surface area contributed by atoms with Gasteiger partial charge in [-0.15, -0.1) is 0 Å². The third kappa shape index (κ3) is 2.96.